The largest absolute Gasteiger partial charge is 0.256 e. The van der Waals surface area contributed by atoms with Crippen molar-refractivity contribution < 1.29 is 0 Å². The van der Waals surface area contributed by atoms with Gasteiger partial charge in [-0.15, -0.1) is 0 Å². The number of aryl methyl sites for hydroxylation is 3. The van der Waals surface area contributed by atoms with Crippen molar-refractivity contribution in [3.8, 4) is 0 Å². The van der Waals surface area contributed by atoms with Gasteiger partial charge in [0.05, 0.1) is 5.52 Å². The first-order valence-electron chi connectivity index (χ1n) is 4.51. The molecule has 1 heterocycles. The lowest BCUT2D eigenvalue weighted by Gasteiger charge is -2.06. The number of aromatic nitrogens is 1. The monoisotopic (exact) mass is 171 g/mol. The third kappa shape index (κ3) is 1.21. The van der Waals surface area contributed by atoms with Crippen molar-refractivity contribution in [3.05, 3.63) is 41.1 Å². The Bertz CT molecular complexity index is 450. The Morgan fingerprint density at radius 2 is 1.46 bits per heavy atom. The fraction of sp³-hybridized carbons (Fsp3) is 0.250. The predicted octanol–water partition coefficient (Wildman–Crippen LogP) is 3.16. The summed E-state index contributed by atoms with van der Waals surface area (Å²) in [6, 6.07) is 6.35. The van der Waals surface area contributed by atoms with Crippen LogP contribution < -0.4 is 0 Å². The Labute approximate surface area is 78.4 Å². The third-order valence-corrected chi connectivity index (χ3v) is 2.51. The molecule has 0 aliphatic carbocycles. The lowest BCUT2D eigenvalue weighted by molar-refractivity contribution is 1.31. The number of rotatable bonds is 0. The predicted molar refractivity (Wildman–Crippen MR) is 56.0 cm³/mol. The number of benzene rings is 1. The summed E-state index contributed by atoms with van der Waals surface area (Å²) in [5.41, 5.74) is 5.02. The highest BCUT2D eigenvalue weighted by Gasteiger charge is 2.03. The Morgan fingerprint density at radius 3 is 2.15 bits per heavy atom. The summed E-state index contributed by atoms with van der Waals surface area (Å²) in [7, 11) is 0. The molecule has 66 valence electrons. The van der Waals surface area contributed by atoms with Gasteiger partial charge in [0.1, 0.15) is 0 Å². The standard InChI is InChI=1S/C12H13N/c1-8-4-5-10(3)12-11(8)9(2)6-7-13-12/h4-7H,1-3H3. The van der Waals surface area contributed by atoms with E-state index in [9.17, 15) is 0 Å². The van der Waals surface area contributed by atoms with Gasteiger partial charge in [-0.05, 0) is 43.5 Å². The topological polar surface area (TPSA) is 12.9 Å². The fourth-order valence-electron chi connectivity index (χ4n) is 1.77. The minimum absolute atomic E-state index is 1.14. The smallest absolute Gasteiger partial charge is 0.0736 e. The Balaban J connectivity index is 3.00. The van der Waals surface area contributed by atoms with Crippen LogP contribution in [0.2, 0.25) is 0 Å². The first-order chi connectivity index (χ1) is 6.20. The highest BCUT2D eigenvalue weighted by Crippen LogP contribution is 2.22. The average molecular weight is 171 g/mol. The Kier molecular flexibility index (Phi) is 1.80. The van der Waals surface area contributed by atoms with Crippen molar-refractivity contribution in [2.45, 2.75) is 20.8 Å². The van der Waals surface area contributed by atoms with Gasteiger partial charge in [-0.25, -0.2) is 0 Å². The SMILES string of the molecule is Cc1ccc(C)c2c(C)ccnc12. The van der Waals surface area contributed by atoms with Crippen molar-refractivity contribution in [2.24, 2.45) is 0 Å². The van der Waals surface area contributed by atoms with Gasteiger partial charge in [0.15, 0.2) is 0 Å². The van der Waals surface area contributed by atoms with Gasteiger partial charge < -0.3 is 0 Å². The number of nitrogens with zero attached hydrogens (tertiary/aromatic N) is 1. The van der Waals surface area contributed by atoms with E-state index in [0.717, 1.165) is 5.52 Å². The fourth-order valence-corrected chi connectivity index (χ4v) is 1.77. The molecule has 0 aliphatic rings. The van der Waals surface area contributed by atoms with E-state index in [2.05, 4.69) is 44.0 Å². The van der Waals surface area contributed by atoms with Gasteiger partial charge in [-0.2, -0.15) is 0 Å². The van der Waals surface area contributed by atoms with Crippen LogP contribution in [0.4, 0.5) is 0 Å². The molecule has 0 unspecified atom stereocenters. The van der Waals surface area contributed by atoms with Crippen LogP contribution in [0.25, 0.3) is 10.9 Å². The summed E-state index contributed by atoms with van der Waals surface area (Å²) in [5, 5.41) is 1.31. The molecule has 2 aromatic rings. The van der Waals surface area contributed by atoms with Crippen LogP contribution in [0.1, 0.15) is 16.7 Å². The molecule has 0 aliphatic heterocycles. The molecule has 0 atom stereocenters. The summed E-state index contributed by atoms with van der Waals surface area (Å²) in [4.78, 5) is 4.40. The zero-order chi connectivity index (χ0) is 9.42. The molecule has 0 N–H and O–H groups in total. The van der Waals surface area contributed by atoms with Crippen molar-refractivity contribution in [1.29, 1.82) is 0 Å². The quantitative estimate of drug-likeness (QED) is 0.593. The second-order valence-electron chi connectivity index (χ2n) is 3.55. The minimum Gasteiger partial charge on any atom is -0.256 e. The van der Waals surface area contributed by atoms with Crippen molar-refractivity contribution in [1.82, 2.24) is 4.98 Å². The summed E-state index contributed by atoms with van der Waals surface area (Å²) < 4.78 is 0. The lowest BCUT2D eigenvalue weighted by atomic mass is 10.0. The van der Waals surface area contributed by atoms with E-state index in [4.69, 9.17) is 0 Å². The van der Waals surface area contributed by atoms with Crippen LogP contribution in [0, 0.1) is 20.8 Å². The summed E-state index contributed by atoms with van der Waals surface area (Å²) >= 11 is 0. The number of fused-ring (bicyclic) bond motifs is 1. The van der Waals surface area contributed by atoms with E-state index >= 15 is 0 Å². The van der Waals surface area contributed by atoms with Crippen LogP contribution in [0.3, 0.4) is 0 Å². The molecule has 2 rings (SSSR count). The Hall–Kier alpha value is -1.37. The minimum atomic E-state index is 1.14. The molecule has 1 heteroatoms. The number of pyridine rings is 1. The van der Waals surface area contributed by atoms with E-state index in [1.165, 1.54) is 22.1 Å². The van der Waals surface area contributed by atoms with Gasteiger partial charge in [0, 0.05) is 11.6 Å². The molecule has 0 radical (unpaired) electrons. The number of hydrogen-bond acceptors (Lipinski definition) is 1. The summed E-state index contributed by atoms with van der Waals surface area (Å²) in [6.07, 6.45) is 1.88. The maximum absolute atomic E-state index is 4.40. The summed E-state index contributed by atoms with van der Waals surface area (Å²) in [5.74, 6) is 0. The zero-order valence-electron chi connectivity index (χ0n) is 8.26. The van der Waals surface area contributed by atoms with Crippen LogP contribution >= 0.6 is 0 Å². The van der Waals surface area contributed by atoms with Crippen molar-refractivity contribution in [2.75, 3.05) is 0 Å². The third-order valence-electron chi connectivity index (χ3n) is 2.51. The van der Waals surface area contributed by atoms with E-state index in [1.54, 1.807) is 0 Å². The molecule has 1 nitrogen and oxygen atoms in total. The first-order valence-corrected chi connectivity index (χ1v) is 4.51. The molecule has 13 heavy (non-hydrogen) atoms. The highest BCUT2D eigenvalue weighted by atomic mass is 14.6. The molecule has 0 spiro atoms. The molecule has 1 aromatic carbocycles. The Morgan fingerprint density at radius 1 is 0.846 bits per heavy atom. The lowest BCUT2D eigenvalue weighted by Crippen LogP contribution is -1.88. The van der Waals surface area contributed by atoms with Crippen LogP contribution in [0.15, 0.2) is 24.4 Å². The van der Waals surface area contributed by atoms with Gasteiger partial charge in [-0.1, -0.05) is 12.1 Å². The van der Waals surface area contributed by atoms with Crippen molar-refractivity contribution in [3.63, 3.8) is 0 Å². The molecule has 1 aromatic heterocycles. The molecule has 0 fully saturated rings. The van der Waals surface area contributed by atoms with E-state index in [0.29, 0.717) is 0 Å². The molecular formula is C12H13N. The van der Waals surface area contributed by atoms with Gasteiger partial charge >= 0.3 is 0 Å². The van der Waals surface area contributed by atoms with Crippen molar-refractivity contribution >= 4 is 10.9 Å². The molecular weight excluding hydrogens is 158 g/mol. The van der Waals surface area contributed by atoms with E-state index < -0.39 is 0 Å². The van der Waals surface area contributed by atoms with E-state index in [1.807, 2.05) is 6.20 Å². The second kappa shape index (κ2) is 2.84. The van der Waals surface area contributed by atoms with Crippen LogP contribution in [-0.4, -0.2) is 4.98 Å². The van der Waals surface area contributed by atoms with E-state index in [-0.39, 0.29) is 0 Å². The maximum atomic E-state index is 4.40. The highest BCUT2D eigenvalue weighted by molar-refractivity contribution is 5.87. The van der Waals surface area contributed by atoms with Gasteiger partial charge in [0.2, 0.25) is 0 Å². The van der Waals surface area contributed by atoms with Crippen LogP contribution in [0.5, 0.6) is 0 Å². The second-order valence-corrected chi connectivity index (χ2v) is 3.55. The van der Waals surface area contributed by atoms with Gasteiger partial charge in [0.25, 0.3) is 0 Å². The average Bonchev–Trinajstić information content (AvgIpc) is 2.12. The molecule has 0 amide bonds. The maximum Gasteiger partial charge on any atom is 0.0736 e. The first kappa shape index (κ1) is 8.24. The van der Waals surface area contributed by atoms with Gasteiger partial charge in [-0.3, -0.25) is 4.98 Å². The molecule has 0 saturated heterocycles. The summed E-state index contributed by atoms with van der Waals surface area (Å²) in [6.45, 7) is 6.38. The molecule has 0 saturated carbocycles. The molecule has 0 bridgehead atoms. The number of hydrogen-bond donors (Lipinski definition) is 0. The zero-order valence-corrected chi connectivity index (χ0v) is 8.26. The van der Waals surface area contributed by atoms with Crippen LogP contribution in [-0.2, 0) is 0 Å². The normalized spacial score (nSPS) is 10.7.